The maximum Gasteiger partial charge on any atom is 0.251 e. The molecule has 0 aliphatic carbocycles. The second-order valence-corrected chi connectivity index (χ2v) is 6.54. The molecule has 1 aromatic rings. The second kappa shape index (κ2) is 8.12. The van der Waals surface area contributed by atoms with Gasteiger partial charge in [-0.15, -0.1) is 0 Å². The van der Waals surface area contributed by atoms with Crippen LogP contribution in [0.2, 0.25) is 0 Å². The highest BCUT2D eigenvalue weighted by Crippen LogP contribution is 2.21. The van der Waals surface area contributed by atoms with Gasteiger partial charge in [0.25, 0.3) is 5.91 Å². The largest absolute Gasteiger partial charge is 0.340 e. The normalized spacial score (nSPS) is 18.6. The van der Waals surface area contributed by atoms with Crippen molar-refractivity contribution in [2.45, 2.75) is 13.3 Å². The lowest BCUT2D eigenvalue weighted by Crippen LogP contribution is -3.05. The molecule has 1 fully saturated rings. The number of rotatable bonds is 6. The third-order valence-electron chi connectivity index (χ3n) is 3.68. The summed E-state index contributed by atoms with van der Waals surface area (Å²) in [7, 11) is 4.14. The number of amides is 2. The van der Waals surface area contributed by atoms with Gasteiger partial charge in [0.05, 0.1) is 26.3 Å². The molecular formula is C17H23N4O2S+. The molecule has 0 spiro atoms. The topological polar surface area (TPSA) is 66.2 Å². The fourth-order valence-electron chi connectivity index (χ4n) is 2.44. The smallest absolute Gasteiger partial charge is 0.251 e. The quantitative estimate of drug-likeness (QED) is 0.329. The van der Waals surface area contributed by atoms with Gasteiger partial charge in [0.1, 0.15) is 0 Å². The van der Waals surface area contributed by atoms with E-state index < -0.39 is 11.8 Å². The van der Waals surface area contributed by atoms with Crippen LogP contribution < -0.4 is 15.1 Å². The van der Waals surface area contributed by atoms with E-state index in [0.29, 0.717) is 12.2 Å². The van der Waals surface area contributed by atoms with Crippen molar-refractivity contribution in [3.8, 4) is 0 Å². The Labute approximate surface area is 147 Å². The minimum Gasteiger partial charge on any atom is -0.340 e. The Kier molecular flexibility index (Phi) is 6.16. The average molecular weight is 347 g/mol. The third-order valence-corrected chi connectivity index (χ3v) is 3.97. The number of aryl methyl sites for hydroxylation is 1. The number of thiocarbonyl (C=S) groups is 1. The first kappa shape index (κ1) is 18.2. The van der Waals surface area contributed by atoms with E-state index in [0.717, 1.165) is 18.5 Å². The van der Waals surface area contributed by atoms with E-state index in [-0.39, 0.29) is 11.0 Å². The molecular weight excluding hydrogens is 324 g/mol. The summed E-state index contributed by atoms with van der Waals surface area (Å²) >= 11 is 5.17. The van der Waals surface area contributed by atoms with Crippen LogP contribution in [0.25, 0.3) is 0 Å². The summed E-state index contributed by atoms with van der Waals surface area (Å²) < 4.78 is 0. The number of benzene rings is 1. The lowest BCUT2D eigenvalue weighted by Gasteiger charge is -2.31. The lowest BCUT2D eigenvalue weighted by atomic mass is 10.1. The molecule has 24 heavy (non-hydrogen) atoms. The molecule has 0 bridgehead atoms. The van der Waals surface area contributed by atoms with Gasteiger partial charge < -0.3 is 10.2 Å². The molecule has 7 heteroatoms. The highest BCUT2D eigenvalue weighted by molar-refractivity contribution is 7.80. The molecule has 0 radical (unpaired) electrons. The van der Waals surface area contributed by atoms with Gasteiger partial charge in [-0.2, -0.15) is 0 Å². The van der Waals surface area contributed by atoms with Gasteiger partial charge in [-0.05, 0) is 36.8 Å². The van der Waals surface area contributed by atoms with E-state index >= 15 is 0 Å². The van der Waals surface area contributed by atoms with Crippen LogP contribution in [0.5, 0.6) is 0 Å². The van der Waals surface area contributed by atoms with Crippen molar-refractivity contribution in [1.29, 1.82) is 0 Å². The zero-order valence-electron chi connectivity index (χ0n) is 14.2. The van der Waals surface area contributed by atoms with Crippen molar-refractivity contribution < 1.29 is 14.5 Å². The Morgan fingerprint density at radius 3 is 2.79 bits per heavy atom. The Balaban J connectivity index is 2.12. The fraction of sp³-hybridized carbons (Fsp3) is 0.412. The molecule has 128 valence electrons. The first-order valence-electron chi connectivity index (χ1n) is 7.94. The minimum atomic E-state index is -0.941. The van der Waals surface area contributed by atoms with Gasteiger partial charge in [0.2, 0.25) is 5.91 Å². The van der Waals surface area contributed by atoms with E-state index in [9.17, 15) is 9.59 Å². The number of aliphatic imine (C=N–C) groups is 1. The van der Waals surface area contributed by atoms with Crippen molar-refractivity contribution in [1.82, 2.24) is 5.32 Å². The minimum absolute atomic E-state index is 0.108. The Morgan fingerprint density at radius 1 is 1.38 bits per heavy atom. The summed E-state index contributed by atoms with van der Waals surface area (Å²) in [6.07, 6.45) is 2.34. The maximum absolute atomic E-state index is 12.7. The first-order valence-corrected chi connectivity index (χ1v) is 8.35. The molecule has 1 heterocycles. The molecule has 0 unspecified atom stereocenters. The van der Waals surface area contributed by atoms with Gasteiger partial charge in [0, 0.05) is 19.2 Å². The Bertz CT molecular complexity index is 672. The van der Waals surface area contributed by atoms with Gasteiger partial charge in [-0.3, -0.25) is 19.5 Å². The Hall–Kier alpha value is -2.12. The molecule has 1 aliphatic rings. The highest BCUT2D eigenvalue weighted by Gasteiger charge is 2.38. The predicted molar refractivity (Wildman–Crippen MR) is 98.5 cm³/mol. The SMILES string of the molecule is Cc1cccc(N2C(=O)[C@H](C=NCCC[NH+](C)C)C(=O)NC2=S)c1. The number of quaternary nitrogens is 1. The van der Waals surface area contributed by atoms with Gasteiger partial charge >= 0.3 is 0 Å². The molecule has 2 N–H and O–H groups in total. The summed E-state index contributed by atoms with van der Waals surface area (Å²) in [4.78, 5) is 31.8. The molecule has 1 aromatic carbocycles. The van der Waals surface area contributed by atoms with Crippen molar-refractivity contribution >= 4 is 41.0 Å². The highest BCUT2D eigenvalue weighted by atomic mass is 32.1. The monoisotopic (exact) mass is 347 g/mol. The third kappa shape index (κ3) is 4.46. The van der Waals surface area contributed by atoms with E-state index in [1.165, 1.54) is 16.0 Å². The molecule has 0 saturated carbocycles. The van der Waals surface area contributed by atoms with Crippen LogP contribution in [0, 0.1) is 12.8 Å². The van der Waals surface area contributed by atoms with E-state index in [2.05, 4.69) is 24.4 Å². The van der Waals surface area contributed by atoms with Crippen molar-refractivity contribution in [3.05, 3.63) is 29.8 Å². The van der Waals surface area contributed by atoms with Gasteiger partial charge in [-0.1, -0.05) is 12.1 Å². The van der Waals surface area contributed by atoms with E-state index in [1.807, 2.05) is 25.1 Å². The van der Waals surface area contributed by atoms with Crippen LogP contribution in [-0.2, 0) is 9.59 Å². The van der Waals surface area contributed by atoms with Gasteiger partial charge in [0.15, 0.2) is 11.0 Å². The van der Waals surface area contributed by atoms with Crippen LogP contribution in [0.4, 0.5) is 5.69 Å². The number of carbonyl (C=O) groups excluding carboxylic acids is 2. The van der Waals surface area contributed by atoms with Crippen LogP contribution in [0.1, 0.15) is 12.0 Å². The zero-order chi connectivity index (χ0) is 17.7. The summed E-state index contributed by atoms with van der Waals surface area (Å²) in [5, 5.41) is 2.70. The van der Waals surface area contributed by atoms with E-state index in [4.69, 9.17) is 12.2 Å². The van der Waals surface area contributed by atoms with Crippen molar-refractivity contribution in [3.63, 3.8) is 0 Å². The average Bonchev–Trinajstić information content (AvgIpc) is 2.49. The van der Waals surface area contributed by atoms with E-state index in [1.54, 1.807) is 6.07 Å². The molecule has 2 amide bonds. The van der Waals surface area contributed by atoms with Crippen molar-refractivity contribution in [2.24, 2.45) is 10.9 Å². The molecule has 2 rings (SSSR count). The summed E-state index contributed by atoms with van der Waals surface area (Å²) in [5.41, 5.74) is 1.66. The summed E-state index contributed by atoms with van der Waals surface area (Å²) in [6, 6.07) is 7.44. The fourth-order valence-corrected chi connectivity index (χ4v) is 2.73. The number of carbonyl (C=O) groups is 2. The number of nitrogens with one attached hydrogen (secondary N) is 2. The molecule has 0 aromatic heterocycles. The summed E-state index contributed by atoms with van der Waals surface area (Å²) in [5.74, 6) is -1.73. The number of hydrogen-bond donors (Lipinski definition) is 2. The van der Waals surface area contributed by atoms with Crippen LogP contribution >= 0.6 is 12.2 Å². The Morgan fingerprint density at radius 2 is 2.12 bits per heavy atom. The molecule has 1 saturated heterocycles. The predicted octanol–water partition coefficient (Wildman–Crippen LogP) is -0.0357. The van der Waals surface area contributed by atoms with Crippen LogP contribution in [0.15, 0.2) is 29.3 Å². The first-order chi connectivity index (χ1) is 11.4. The molecule has 1 aliphatic heterocycles. The number of hydrogen-bond acceptors (Lipinski definition) is 4. The van der Waals surface area contributed by atoms with Crippen LogP contribution in [-0.4, -0.2) is 50.3 Å². The lowest BCUT2D eigenvalue weighted by molar-refractivity contribution is -0.858. The molecule has 6 nitrogen and oxygen atoms in total. The van der Waals surface area contributed by atoms with Gasteiger partial charge in [-0.25, -0.2) is 0 Å². The van der Waals surface area contributed by atoms with Crippen LogP contribution in [0.3, 0.4) is 0 Å². The van der Waals surface area contributed by atoms with Crippen molar-refractivity contribution in [2.75, 3.05) is 32.1 Å². The number of nitrogens with zero attached hydrogens (tertiary/aromatic N) is 2. The molecule has 1 atom stereocenters. The summed E-state index contributed by atoms with van der Waals surface area (Å²) in [6.45, 7) is 3.52. The maximum atomic E-state index is 12.7. The number of anilines is 1. The second-order valence-electron chi connectivity index (χ2n) is 6.15. The standard InChI is InChI=1S/C17H22N4O2S/c1-12-6-4-7-13(10-12)21-16(23)14(15(22)19-17(21)24)11-18-8-5-9-20(2)3/h4,6-7,10-11,14H,5,8-9H2,1-3H3,(H,19,22,24)/p+1/t14-/m1/s1. The zero-order valence-corrected chi connectivity index (χ0v) is 15.0.